The Bertz CT molecular complexity index is 1330. The van der Waals surface area contributed by atoms with Crippen LogP contribution in [-0.4, -0.2) is 50.0 Å². The fraction of sp³-hybridized carbons (Fsp3) is 0.526. The maximum absolute atomic E-state index is 12.3. The zero-order chi connectivity index (χ0) is 36.8. The van der Waals surface area contributed by atoms with Crippen molar-refractivity contribution in [2.24, 2.45) is 10.8 Å². The minimum Gasteiger partial charge on any atom is -0.469 e. The Kier molecular flexibility index (Phi) is 15.6. The third-order valence-electron chi connectivity index (χ3n) is 8.44. The number of hydrogen-bond donors (Lipinski definition) is 0. The smallest absolute Gasteiger partial charge is 0.314 e. The highest BCUT2D eigenvalue weighted by Gasteiger charge is 2.33. The van der Waals surface area contributed by atoms with Crippen LogP contribution in [0.2, 0.25) is 0 Å². The van der Waals surface area contributed by atoms with Crippen LogP contribution < -0.4 is 9.47 Å². The highest BCUT2D eigenvalue weighted by molar-refractivity contribution is 5.89. The van der Waals surface area contributed by atoms with Gasteiger partial charge in [-0.1, -0.05) is 38.1 Å². The molecule has 11 nitrogen and oxygen atoms in total. The summed E-state index contributed by atoms with van der Waals surface area (Å²) in [5.41, 5.74) is 0.669. The molecule has 0 saturated carbocycles. The molecule has 11 heteroatoms. The lowest BCUT2D eigenvalue weighted by Crippen LogP contribution is -2.27. The van der Waals surface area contributed by atoms with E-state index in [9.17, 15) is 28.8 Å². The Hall–Kier alpha value is -4.54. The van der Waals surface area contributed by atoms with Gasteiger partial charge in [-0.05, 0) is 101 Å². The van der Waals surface area contributed by atoms with Gasteiger partial charge >= 0.3 is 35.8 Å². The van der Waals surface area contributed by atoms with Crippen molar-refractivity contribution in [1.82, 2.24) is 0 Å². The van der Waals surface area contributed by atoms with Gasteiger partial charge in [0.1, 0.15) is 11.5 Å². The lowest BCUT2D eigenvalue weighted by molar-refractivity contribution is -0.161. The standard InChI is InChI=1S/C38H50O11/c1-9-25(23-37(3,4)35(43)45-7)27-11-15-29(16-12-27)47-31(39)19-21-33(41)49-34(42)22-20-32(40)48-30-17-13-28(14-18-30)26(10-2)24-38(5,6)36(44)46-8/h11-18,25-26H,9-10,19-24H2,1-8H3. The van der Waals surface area contributed by atoms with Crippen molar-refractivity contribution in [2.75, 3.05) is 14.2 Å². The van der Waals surface area contributed by atoms with Gasteiger partial charge in [0.25, 0.3) is 0 Å². The first-order chi connectivity index (χ1) is 23.0. The SMILES string of the molecule is CCC(CC(C)(C)C(=O)OC)c1ccc(OC(=O)CCC(=O)OC(=O)CCC(=O)Oc2ccc(C(CC)CC(C)(C)C(=O)OC)cc2)cc1. The highest BCUT2D eigenvalue weighted by Crippen LogP contribution is 2.36. The van der Waals surface area contributed by atoms with Crippen LogP contribution >= 0.6 is 0 Å². The van der Waals surface area contributed by atoms with Gasteiger partial charge in [-0.25, -0.2) is 0 Å². The molecular weight excluding hydrogens is 632 g/mol. The van der Waals surface area contributed by atoms with Crippen LogP contribution in [0.4, 0.5) is 0 Å². The summed E-state index contributed by atoms with van der Waals surface area (Å²) in [6.45, 7) is 11.4. The molecule has 0 radical (unpaired) electrons. The van der Waals surface area contributed by atoms with E-state index in [0.717, 1.165) is 24.0 Å². The van der Waals surface area contributed by atoms with Crippen LogP contribution in [0.1, 0.15) is 116 Å². The molecule has 0 spiro atoms. The number of methoxy groups -OCH3 is 2. The molecule has 2 atom stereocenters. The van der Waals surface area contributed by atoms with E-state index in [2.05, 4.69) is 0 Å². The van der Waals surface area contributed by atoms with Gasteiger partial charge in [0.15, 0.2) is 0 Å². The molecule has 0 aliphatic heterocycles. The number of rotatable bonds is 18. The average molecular weight is 683 g/mol. The maximum Gasteiger partial charge on any atom is 0.314 e. The Labute approximate surface area is 289 Å². The second kappa shape index (κ2) is 18.9. The summed E-state index contributed by atoms with van der Waals surface area (Å²) in [7, 11) is 2.74. The molecule has 0 fully saturated rings. The van der Waals surface area contributed by atoms with Gasteiger partial charge in [-0.3, -0.25) is 28.8 Å². The number of hydrogen-bond acceptors (Lipinski definition) is 11. The van der Waals surface area contributed by atoms with E-state index in [-0.39, 0.29) is 49.5 Å². The Morgan fingerprint density at radius 3 is 1.12 bits per heavy atom. The quantitative estimate of drug-likeness (QED) is 0.0693. The van der Waals surface area contributed by atoms with Crippen molar-refractivity contribution >= 4 is 35.8 Å². The Morgan fingerprint density at radius 2 is 0.837 bits per heavy atom. The molecule has 2 aromatic rings. The first-order valence-electron chi connectivity index (χ1n) is 16.6. The van der Waals surface area contributed by atoms with E-state index < -0.39 is 34.7 Å². The molecule has 49 heavy (non-hydrogen) atoms. The summed E-state index contributed by atoms with van der Waals surface area (Å²) in [6, 6.07) is 13.9. The molecule has 2 rings (SSSR count). The first kappa shape index (κ1) is 40.6. The number of ether oxygens (including phenoxy) is 5. The van der Waals surface area contributed by atoms with Crippen LogP contribution in [0.3, 0.4) is 0 Å². The minimum absolute atomic E-state index is 0.0950. The monoisotopic (exact) mass is 682 g/mol. The molecule has 0 bridgehead atoms. The fourth-order valence-corrected chi connectivity index (χ4v) is 5.57. The number of carbonyl (C=O) groups excluding carboxylic acids is 6. The predicted molar refractivity (Wildman–Crippen MR) is 181 cm³/mol. The minimum atomic E-state index is -0.916. The molecule has 2 aromatic carbocycles. The lowest BCUT2D eigenvalue weighted by Gasteiger charge is -2.27. The summed E-state index contributed by atoms with van der Waals surface area (Å²) in [5.74, 6) is -2.97. The van der Waals surface area contributed by atoms with Gasteiger partial charge < -0.3 is 23.7 Å². The summed E-state index contributed by atoms with van der Waals surface area (Å²) in [5, 5.41) is 0. The maximum atomic E-state index is 12.3. The zero-order valence-electron chi connectivity index (χ0n) is 29.9. The zero-order valence-corrected chi connectivity index (χ0v) is 29.9. The summed E-state index contributed by atoms with van der Waals surface area (Å²) < 4.78 is 25.2. The van der Waals surface area contributed by atoms with Crippen molar-refractivity contribution in [3.05, 3.63) is 59.7 Å². The molecular formula is C38H50O11. The van der Waals surface area contributed by atoms with Crippen LogP contribution in [0, 0.1) is 10.8 Å². The average Bonchev–Trinajstić information content (AvgIpc) is 3.07. The third-order valence-corrected chi connectivity index (χ3v) is 8.44. The topological polar surface area (TPSA) is 149 Å². The van der Waals surface area contributed by atoms with Crippen molar-refractivity contribution in [1.29, 1.82) is 0 Å². The molecule has 0 amide bonds. The van der Waals surface area contributed by atoms with Crippen molar-refractivity contribution in [3.63, 3.8) is 0 Å². The summed E-state index contributed by atoms with van der Waals surface area (Å²) in [4.78, 5) is 73.0. The number of benzene rings is 2. The molecule has 268 valence electrons. The molecule has 0 saturated heterocycles. The van der Waals surface area contributed by atoms with Gasteiger partial charge in [-0.15, -0.1) is 0 Å². The van der Waals surface area contributed by atoms with Crippen LogP contribution in [0.5, 0.6) is 11.5 Å². The molecule has 0 aliphatic carbocycles. The van der Waals surface area contributed by atoms with E-state index in [4.69, 9.17) is 23.7 Å². The summed E-state index contributed by atoms with van der Waals surface area (Å²) >= 11 is 0. The first-order valence-corrected chi connectivity index (χ1v) is 16.6. The van der Waals surface area contributed by atoms with Crippen LogP contribution in [-0.2, 0) is 43.0 Å². The third kappa shape index (κ3) is 13.1. The molecule has 0 N–H and O–H groups in total. The summed E-state index contributed by atoms with van der Waals surface area (Å²) in [6.07, 6.45) is 1.40. The van der Waals surface area contributed by atoms with Gasteiger partial charge in [0.05, 0.1) is 50.7 Å². The van der Waals surface area contributed by atoms with Crippen LogP contribution in [0.15, 0.2) is 48.5 Å². The largest absolute Gasteiger partial charge is 0.469 e. The van der Waals surface area contributed by atoms with Crippen LogP contribution in [0.25, 0.3) is 0 Å². The normalized spacial score (nSPS) is 12.7. The fourth-order valence-electron chi connectivity index (χ4n) is 5.57. The van der Waals surface area contributed by atoms with Gasteiger partial charge in [-0.2, -0.15) is 0 Å². The second-order valence-corrected chi connectivity index (χ2v) is 13.3. The van der Waals surface area contributed by atoms with E-state index in [1.165, 1.54) is 14.2 Å². The van der Waals surface area contributed by atoms with E-state index in [1.807, 2.05) is 65.8 Å². The molecule has 0 aromatic heterocycles. The molecule has 0 heterocycles. The number of esters is 6. The van der Waals surface area contributed by atoms with Gasteiger partial charge in [0, 0.05) is 0 Å². The van der Waals surface area contributed by atoms with E-state index >= 15 is 0 Å². The van der Waals surface area contributed by atoms with E-state index in [0.29, 0.717) is 24.3 Å². The van der Waals surface area contributed by atoms with Gasteiger partial charge in [0.2, 0.25) is 0 Å². The Balaban J connectivity index is 1.76. The van der Waals surface area contributed by atoms with Crippen molar-refractivity contribution in [3.8, 4) is 11.5 Å². The number of carbonyl (C=O) groups is 6. The van der Waals surface area contributed by atoms with Crippen molar-refractivity contribution in [2.45, 2.75) is 105 Å². The van der Waals surface area contributed by atoms with E-state index in [1.54, 1.807) is 24.3 Å². The molecule has 2 unspecified atom stereocenters. The Morgan fingerprint density at radius 1 is 0.531 bits per heavy atom. The highest BCUT2D eigenvalue weighted by atomic mass is 16.6. The predicted octanol–water partition coefficient (Wildman–Crippen LogP) is 6.99. The van der Waals surface area contributed by atoms with Crippen molar-refractivity contribution < 1.29 is 52.5 Å². The second-order valence-electron chi connectivity index (χ2n) is 13.3. The molecule has 0 aliphatic rings. The lowest BCUT2D eigenvalue weighted by atomic mass is 9.79.